The molecule has 1 aliphatic heterocycles. The highest BCUT2D eigenvalue weighted by Crippen LogP contribution is 2.33. The van der Waals surface area contributed by atoms with Crippen LogP contribution in [0.25, 0.3) is 0 Å². The molecule has 2 N–H and O–H groups in total. The van der Waals surface area contributed by atoms with Gasteiger partial charge in [-0.2, -0.15) is 13.2 Å². The number of hydrogen-bond acceptors (Lipinski definition) is 4. The van der Waals surface area contributed by atoms with Crippen LogP contribution < -0.4 is 15.4 Å². The van der Waals surface area contributed by atoms with E-state index < -0.39 is 23.8 Å². The molecule has 0 saturated carbocycles. The molecule has 1 heterocycles. The van der Waals surface area contributed by atoms with Crippen LogP contribution in [-0.4, -0.2) is 49.0 Å². The van der Waals surface area contributed by atoms with Gasteiger partial charge in [0.15, 0.2) is 0 Å². The highest BCUT2D eigenvalue weighted by molar-refractivity contribution is 9.09. The van der Waals surface area contributed by atoms with Crippen molar-refractivity contribution in [3.8, 4) is 5.75 Å². The molecule has 0 spiro atoms. The molecule has 0 aromatic heterocycles. The van der Waals surface area contributed by atoms with Gasteiger partial charge in [-0.25, -0.2) is 4.79 Å². The molecule has 10 heteroatoms. The van der Waals surface area contributed by atoms with Gasteiger partial charge in [0.1, 0.15) is 11.4 Å². The molecule has 1 aromatic carbocycles. The lowest BCUT2D eigenvalue weighted by Gasteiger charge is -2.41. The molecular weight excluding hydrogens is 419 g/mol. The molecule has 0 bridgehead atoms. The first kappa shape index (κ1) is 20.5. The second-order valence-electron chi connectivity index (χ2n) is 6.05. The Hall–Kier alpha value is -1.81. The quantitative estimate of drug-likeness (QED) is 0.710. The van der Waals surface area contributed by atoms with Crippen molar-refractivity contribution in [1.82, 2.24) is 15.5 Å². The molecule has 144 valence electrons. The Kier molecular flexibility index (Phi) is 6.17. The molecule has 6 nitrogen and oxygen atoms in total. The lowest BCUT2D eigenvalue weighted by atomic mass is 9.86. The smallest absolute Gasteiger partial charge is 0.410 e. The Morgan fingerprint density at radius 1 is 1.38 bits per heavy atom. The van der Waals surface area contributed by atoms with Crippen molar-refractivity contribution < 1.29 is 27.5 Å². The van der Waals surface area contributed by atoms with Gasteiger partial charge in [0.2, 0.25) is 0 Å². The molecule has 1 atom stereocenters. The monoisotopic (exact) mass is 437 g/mol. The third kappa shape index (κ3) is 4.47. The van der Waals surface area contributed by atoms with Gasteiger partial charge in [-0.05, 0) is 36.1 Å². The van der Waals surface area contributed by atoms with Gasteiger partial charge in [0.25, 0.3) is 0 Å². The van der Waals surface area contributed by atoms with Crippen molar-refractivity contribution in [3.63, 3.8) is 0 Å². The SMILES string of the molecule is CN(C)C(=O)Oc1ccc2c(c1)CCN[C@]2(CCBr)NC(=O)C(F)(F)F. The topological polar surface area (TPSA) is 70.7 Å². The van der Waals surface area contributed by atoms with Crippen LogP contribution in [0.1, 0.15) is 17.5 Å². The maximum atomic E-state index is 12.8. The lowest BCUT2D eigenvalue weighted by molar-refractivity contribution is -0.176. The normalized spacial score (nSPS) is 19.5. The second-order valence-corrected chi connectivity index (χ2v) is 6.85. The summed E-state index contributed by atoms with van der Waals surface area (Å²) in [5, 5.41) is 5.45. The van der Waals surface area contributed by atoms with E-state index in [4.69, 9.17) is 4.74 Å². The van der Waals surface area contributed by atoms with E-state index in [-0.39, 0.29) is 6.42 Å². The molecule has 0 radical (unpaired) electrons. The summed E-state index contributed by atoms with van der Waals surface area (Å²) < 4.78 is 43.5. The van der Waals surface area contributed by atoms with Gasteiger partial charge < -0.3 is 15.0 Å². The van der Waals surface area contributed by atoms with Gasteiger partial charge in [-0.3, -0.25) is 10.1 Å². The summed E-state index contributed by atoms with van der Waals surface area (Å²) >= 11 is 3.23. The van der Waals surface area contributed by atoms with Crippen molar-refractivity contribution in [3.05, 3.63) is 29.3 Å². The molecule has 1 aromatic rings. The molecule has 0 unspecified atom stereocenters. The van der Waals surface area contributed by atoms with Gasteiger partial charge >= 0.3 is 18.2 Å². The maximum Gasteiger partial charge on any atom is 0.471 e. The fraction of sp³-hybridized carbons (Fsp3) is 0.500. The second kappa shape index (κ2) is 7.83. The molecule has 1 aliphatic rings. The first-order chi connectivity index (χ1) is 12.1. The molecule has 0 aliphatic carbocycles. The minimum absolute atomic E-state index is 0.207. The van der Waals surface area contributed by atoms with Gasteiger partial charge in [-0.15, -0.1) is 0 Å². The van der Waals surface area contributed by atoms with Crippen LogP contribution >= 0.6 is 15.9 Å². The number of rotatable bonds is 4. The number of hydrogen-bond donors (Lipinski definition) is 2. The van der Waals surface area contributed by atoms with Gasteiger partial charge in [0, 0.05) is 26.0 Å². The minimum Gasteiger partial charge on any atom is -0.410 e. The van der Waals surface area contributed by atoms with E-state index in [1.54, 1.807) is 26.2 Å². The Morgan fingerprint density at radius 2 is 2.08 bits per heavy atom. The van der Waals surface area contributed by atoms with Gasteiger partial charge in [-0.1, -0.05) is 22.0 Å². The average Bonchev–Trinajstić information content (AvgIpc) is 2.54. The summed E-state index contributed by atoms with van der Waals surface area (Å²) in [5.41, 5.74) is -0.130. The van der Waals surface area contributed by atoms with Crippen molar-refractivity contribution in [2.75, 3.05) is 26.0 Å². The zero-order chi connectivity index (χ0) is 19.5. The van der Waals surface area contributed by atoms with Crippen LogP contribution in [0.2, 0.25) is 0 Å². The largest absolute Gasteiger partial charge is 0.471 e. The first-order valence-electron chi connectivity index (χ1n) is 7.82. The van der Waals surface area contributed by atoms with E-state index in [2.05, 4.69) is 26.6 Å². The average molecular weight is 438 g/mol. The van der Waals surface area contributed by atoms with E-state index in [1.165, 1.54) is 11.0 Å². The summed E-state index contributed by atoms with van der Waals surface area (Å²) in [6, 6.07) is 4.68. The Bertz CT molecular complexity index is 697. The summed E-state index contributed by atoms with van der Waals surface area (Å²) in [4.78, 5) is 24.5. The minimum atomic E-state index is -4.99. The number of fused-ring (bicyclic) bond motifs is 1. The van der Waals surface area contributed by atoms with Gasteiger partial charge in [0.05, 0.1) is 0 Å². The molecule has 26 heavy (non-hydrogen) atoms. The highest BCUT2D eigenvalue weighted by atomic mass is 79.9. The van der Waals surface area contributed by atoms with E-state index in [0.717, 1.165) is 0 Å². The molecular formula is C16H19BrF3N3O3. The van der Waals surface area contributed by atoms with Crippen LogP contribution in [0.3, 0.4) is 0 Å². The number of nitrogens with zero attached hydrogens (tertiary/aromatic N) is 1. The van der Waals surface area contributed by atoms with E-state index in [0.29, 0.717) is 35.2 Å². The third-order valence-electron chi connectivity index (χ3n) is 3.98. The Morgan fingerprint density at radius 3 is 2.65 bits per heavy atom. The number of ether oxygens (including phenoxy) is 1. The Labute approximate surface area is 157 Å². The van der Waals surface area contributed by atoms with Crippen LogP contribution in [0.15, 0.2) is 18.2 Å². The first-order valence-corrected chi connectivity index (χ1v) is 8.94. The Balaban J connectivity index is 2.37. The molecule has 0 saturated heterocycles. The molecule has 0 fully saturated rings. The zero-order valence-electron chi connectivity index (χ0n) is 14.2. The standard InChI is InChI=1S/C16H19BrF3N3O3/c1-23(2)14(25)26-11-3-4-12-10(9-11)5-8-21-15(12,6-7-17)22-13(24)16(18,19)20/h3-4,9,21H,5-8H2,1-2H3,(H,22,24)/t15-/m1/s1. The highest BCUT2D eigenvalue weighted by Gasteiger charge is 2.46. The fourth-order valence-electron chi connectivity index (χ4n) is 2.76. The molecule has 2 rings (SSSR count). The predicted molar refractivity (Wildman–Crippen MR) is 92.1 cm³/mol. The number of alkyl halides is 4. The predicted octanol–water partition coefficient (Wildman–Crippen LogP) is 2.51. The number of benzene rings is 1. The van der Waals surface area contributed by atoms with E-state index in [1.807, 2.05) is 0 Å². The summed E-state index contributed by atoms with van der Waals surface area (Å²) in [6.07, 6.45) is -4.82. The number of halogens is 4. The fourth-order valence-corrected chi connectivity index (χ4v) is 3.35. The summed E-state index contributed by atoms with van der Waals surface area (Å²) in [6.45, 7) is 0.364. The lowest BCUT2D eigenvalue weighted by Crippen LogP contribution is -2.61. The van der Waals surface area contributed by atoms with Crippen LogP contribution in [0.4, 0.5) is 18.0 Å². The number of amides is 2. The number of nitrogens with one attached hydrogen (secondary N) is 2. The van der Waals surface area contributed by atoms with Crippen molar-refractivity contribution >= 4 is 27.9 Å². The van der Waals surface area contributed by atoms with Crippen LogP contribution in [-0.2, 0) is 16.9 Å². The third-order valence-corrected chi connectivity index (χ3v) is 4.38. The molecule has 2 amide bonds. The zero-order valence-corrected chi connectivity index (χ0v) is 15.8. The maximum absolute atomic E-state index is 12.8. The summed E-state index contributed by atoms with van der Waals surface area (Å²) in [7, 11) is 3.08. The van der Waals surface area contributed by atoms with Crippen LogP contribution in [0.5, 0.6) is 5.75 Å². The van der Waals surface area contributed by atoms with E-state index in [9.17, 15) is 22.8 Å². The van der Waals surface area contributed by atoms with Crippen molar-refractivity contribution in [2.45, 2.75) is 24.7 Å². The number of carbonyl (C=O) groups excluding carboxylic acids is 2. The van der Waals surface area contributed by atoms with Crippen molar-refractivity contribution in [1.29, 1.82) is 0 Å². The summed E-state index contributed by atoms with van der Waals surface area (Å²) in [5.74, 6) is -1.72. The van der Waals surface area contributed by atoms with E-state index >= 15 is 0 Å². The van der Waals surface area contributed by atoms with Crippen molar-refractivity contribution in [2.24, 2.45) is 0 Å². The van der Waals surface area contributed by atoms with Crippen LogP contribution in [0, 0.1) is 0 Å². The number of carbonyl (C=O) groups is 2.